The summed E-state index contributed by atoms with van der Waals surface area (Å²) in [7, 11) is 7.60. The van der Waals surface area contributed by atoms with E-state index in [4.69, 9.17) is 35.4 Å². The molecule has 13 heteroatoms. The number of ketones is 1. The van der Waals surface area contributed by atoms with E-state index in [9.17, 15) is 24.9 Å². The molecule has 0 bridgehead atoms. The zero-order chi connectivity index (χ0) is 41.4. The summed E-state index contributed by atoms with van der Waals surface area (Å²) in [5.74, 6) is -1.97. The van der Waals surface area contributed by atoms with Gasteiger partial charge in [-0.3, -0.25) is 14.5 Å². The number of Topliss-reactive ketones (excluding diaryl/α,β-unsaturated/α-hetero) is 1. The lowest BCUT2D eigenvalue weighted by atomic mass is 9.73. The number of terminal acetylenes is 1. The van der Waals surface area contributed by atoms with Crippen molar-refractivity contribution in [1.29, 1.82) is 0 Å². The molecule has 13 atom stereocenters. The van der Waals surface area contributed by atoms with E-state index in [1.165, 1.54) is 14.0 Å². The van der Waals surface area contributed by atoms with Crippen LogP contribution < -0.4 is 0 Å². The first-order chi connectivity index (χ1) is 25.8. The Morgan fingerprint density at radius 2 is 1.65 bits per heavy atom. The quantitative estimate of drug-likeness (QED) is 0.119. The van der Waals surface area contributed by atoms with E-state index in [1.54, 1.807) is 27.7 Å². The molecular formula is C42H73N3O10. The van der Waals surface area contributed by atoms with Crippen molar-refractivity contribution < 1.29 is 48.7 Å². The Balaban J connectivity index is 2.13. The number of oxime groups is 1. The molecule has 0 spiro atoms. The molecule has 2 heterocycles. The highest BCUT2D eigenvalue weighted by Gasteiger charge is 2.52. The highest BCUT2D eigenvalue weighted by atomic mass is 16.7. The fourth-order valence-electron chi connectivity index (χ4n) is 9.04. The highest BCUT2D eigenvalue weighted by Crippen LogP contribution is 2.39. The molecule has 55 heavy (non-hydrogen) atoms. The van der Waals surface area contributed by atoms with Gasteiger partial charge >= 0.3 is 5.97 Å². The third-order valence-electron chi connectivity index (χ3n) is 12.9. The van der Waals surface area contributed by atoms with Gasteiger partial charge in [-0.25, -0.2) is 0 Å². The van der Waals surface area contributed by atoms with Gasteiger partial charge in [0.1, 0.15) is 29.8 Å². The van der Waals surface area contributed by atoms with Crippen molar-refractivity contribution in [1.82, 2.24) is 9.80 Å². The zero-order valence-corrected chi connectivity index (χ0v) is 35.7. The summed E-state index contributed by atoms with van der Waals surface area (Å²) in [5, 5.41) is 40.6. The maximum atomic E-state index is 14.3. The van der Waals surface area contributed by atoms with Crippen LogP contribution in [-0.2, 0) is 33.4 Å². The largest absolute Gasteiger partial charge is 0.459 e. The second-order valence-electron chi connectivity index (χ2n) is 17.1. The minimum Gasteiger partial charge on any atom is -0.459 e. The molecule has 1 saturated carbocycles. The number of methoxy groups -OCH3 is 1. The monoisotopic (exact) mass is 780 g/mol. The van der Waals surface area contributed by atoms with Gasteiger partial charge in [0.25, 0.3) is 0 Å². The molecule has 3 rings (SSSR count). The predicted molar refractivity (Wildman–Crippen MR) is 211 cm³/mol. The van der Waals surface area contributed by atoms with Gasteiger partial charge < -0.3 is 44.0 Å². The van der Waals surface area contributed by atoms with Crippen molar-refractivity contribution in [3.05, 3.63) is 0 Å². The first-order valence-corrected chi connectivity index (χ1v) is 20.5. The van der Waals surface area contributed by atoms with E-state index in [1.807, 2.05) is 32.7 Å². The van der Waals surface area contributed by atoms with E-state index in [0.29, 0.717) is 31.1 Å². The number of rotatable bonds is 11. The van der Waals surface area contributed by atoms with Crippen LogP contribution in [0.5, 0.6) is 0 Å². The van der Waals surface area contributed by atoms with E-state index >= 15 is 0 Å². The lowest BCUT2D eigenvalue weighted by Gasteiger charge is -2.47. The zero-order valence-electron chi connectivity index (χ0n) is 35.7. The first-order valence-electron chi connectivity index (χ1n) is 20.5. The minimum atomic E-state index is -1.85. The number of hydrogen-bond donors (Lipinski definition) is 3. The number of cyclic esters (lactones) is 1. The van der Waals surface area contributed by atoms with E-state index < -0.39 is 77.3 Å². The second kappa shape index (κ2) is 20.5. The summed E-state index contributed by atoms with van der Waals surface area (Å²) in [6, 6.07) is 0.136. The normalized spacial score (nSPS) is 42.2. The average molecular weight is 780 g/mol. The lowest BCUT2D eigenvalue weighted by molar-refractivity contribution is -0.295. The Bertz CT molecular complexity index is 1320. The summed E-state index contributed by atoms with van der Waals surface area (Å²) >= 11 is 0. The van der Waals surface area contributed by atoms with E-state index in [2.05, 4.69) is 24.9 Å². The Labute approximate surface area is 330 Å². The van der Waals surface area contributed by atoms with Gasteiger partial charge in [0.2, 0.25) is 0 Å². The van der Waals surface area contributed by atoms with Gasteiger partial charge in [-0.1, -0.05) is 39.8 Å². The van der Waals surface area contributed by atoms with Crippen molar-refractivity contribution >= 4 is 17.5 Å². The predicted octanol–water partition coefficient (Wildman–Crippen LogP) is 4.18. The molecule has 0 amide bonds. The number of esters is 1. The topological polar surface area (TPSA) is 160 Å². The van der Waals surface area contributed by atoms with Crippen LogP contribution in [0.2, 0.25) is 0 Å². The Kier molecular flexibility index (Phi) is 17.6. The molecule has 3 N–H and O–H groups in total. The van der Waals surface area contributed by atoms with Crippen molar-refractivity contribution in [3.8, 4) is 12.3 Å². The number of nitrogens with zero attached hydrogens (tertiary/aromatic N) is 3. The molecule has 0 aromatic heterocycles. The van der Waals surface area contributed by atoms with Crippen LogP contribution >= 0.6 is 0 Å². The average Bonchev–Trinajstić information content (AvgIpc) is 3.16. The second-order valence-corrected chi connectivity index (χ2v) is 17.1. The smallest absolute Gasteiger partial charge is 0.316 e. The summed E-state index contributed by atoms with van der Waals surface area (Å²) in [6.07, 6.45) is 4.52. The number of carbonyl (C=O) groups is 2. The van der Waals surface area contributed by atoms with Crippen molar-refractivity contribution in [2.45, 2.75) is 179 Å². The molecule has 316 valence electrons. The van der Waals surface area contributed by atoms with Crippen LogP contribution in [0.1, 0.15) is 113 Å². The number of ether oxygens (including phenoxy) is 4. The number of aliphatic hydroxyl groups excluding tert-OH is 2. The first kappa shape index (κ1) is 47.2. The molecule has 0 aromatic carbocycles. The van der Waals surface area contributed by atoms with Crippen molar-refractivity contribution in [2.24, 2.45) is 28.8 Å². The third kappa shape index (κ3) is 11.1. The fourth-order valence-corrected chi connectivity index (χ4v) is 9.04. The van der Waals surface area contributed by atoms with Crippen LogP contribution in [0, 0.1) is 36.0 Å². The van der Waals surface area contributed by atoms with Gasteiger partial charge in [0.15, 0.2) is 12.1 Å². The van der Waals surface area contributed by atoms with Gasteiger partial charge in [0.05, 0.1) is 29.6 Å². The third-order valence-corrected chi connectivity index (χ3v) is 12.9. The molecule has 1 aliphatic carbocycles. The Morgan fingerprint density at radius 3 is 2.20 bits per heavy atom. The molecule has 3 aliphatic rings. The summed E-state index contributed by atoms with van der Waals surface area (Å²) in [4.78, 5) is 38.6. The Morgan fingerprint density at radius 1 is 1.02 bits per heavy atom. The van der Waals surface area contributed by atoms with Crippen LogP contribution in [0.25, 0.3) is 0 Å². The molecule has 0 radical (unpaired) electrons. The van der Waals surface area contributed by atoms with E-state index in [-0.39, 0.29) is 37.5 Å². The van der Waals surface area contributed by atoms with Crippen molar-refractivity contribution in [2.75, 3.05) is 34.8 Å². The molecule has 0 aromatic rings. The van der Waals surface area contributed by atoms with Gasteiger partial charge in [-0.05, 0) is 93.3 Å². The van der Waals surface area contributed by atoms with E-state index in [0.717, 1.165) is 25.7 Å². The molecular weight excluding hydrogens is 706 g/mol. The minimum absolute atomic E-state index is 0.0762. The van der Waals surface area contributed by atoms with Crippen LogP contribution in [0.4, 0.5) is 0 Å². The van der Waals surface area contributed by atoms with Crippen molar-refractivity contribution in [3.63, 3.8) is 0 Å². The molecule has 13 nitrogen and oxygen atoms in total. The maximum absolute atomic E-state index is 14.3. The molecule has 0 unspecified atom stereocenters. The number of carbonyl (C=O) groups excluding carboxylic acids is 2. The summed E-state index contributed by atoms with van der Waals surface area (Å²) in [6.45, 7) is 14.7. The van der Waals surface area contributed by atoms with Crippen LogP contribution in [-0.4, -0.2) is 144 Å². The maximum Gasteiger partial charge on any atom is 0.316 e. The highest BCUT2D eigenvalue weighted by molar-refractivity contribution is 6.00. The molecule has 2 saturated heterocycles. The number of aliphatic hydroxyl groups is 3. The van der Waals surface area contributed by atoms with Gasteiger partial charge in [-0.2, -0.15) is 0 Å². The summed E-state index contributed by atoms with van der Waals surface area (Å²) < 4.78 is 25.2. The Hall–Kier alpha value is -2.15. The molecule has 3 fully saturated rings. The lowest BCUT2D eigenvalue weighted by Crippen LogP contribution is -2.60. The number of likely N-dealkylation sites (N-methyl/N-ethyl adjacent to an activating group) is 1. The standard InChI is InChI=1S/C42H73N3O10/c1-14-17-22-45(12)32-23-26(5)52-40(36(32)47)54-38-28(7)35(46)29(8)39(49)53-33(15-2)42(50,16-3)37(48)27(6)34(25(4)24-41(38,9)51-13)43-55-31-20-18-30(19-21-31)44(10)11/h1,25-33,36-38,40,47-48,50H,15-24H2,2-13H3/b43-34+/t25-,26-,27+,28+,29-,30-,31+,32+,33-,36-,37-,38-,40+,41-,42-/m1/s1. The number of hydrogen-bond acceptors (Lipinski definition) is 13. The van der Waals surface area contributed by atoms with Gasteiger partial charge in [0, 0.05) is 49.9 Å². The van der Waals surface area contributed by atoms with Crippen LogP contribution in [0.3, 0.4) is 0 Å². The SMILES string of the molecule is C#CCCN(C)[C@H]1C[C@@H](C)O[C@@H](O[C@@H]2[C@@H](C)C(=O)[C@@H](C)C(=O)O[C@H](CC)[C@](O)(CC)[C@H](O)[C@@H](C)/C(=N/O[C@H]3CC[C@@H](N(C)C)CC3)[C@H](C)C[C@@]2(C)OC)[C@@H]1O. The summed E-state index contributed by atoms with van der Waals surface area (Å²) in [5.41, 5.74) is -2.57. The fraction of sp³-hybridized carbons (Fsp3) is 0.881. The molecule has 2 aliphatic heterocycles. The van der Waals surface area contributed by atoms with Crippen LogP contribution in [0.15, 0.2) is 5.16 Å². The van der Waals surface area contributed by atoms with Gasteiger partial charge in [-0.15, -0.1) is 12.3 Å².